The molecular weight excluding hydrogens is 406 g/mol. The summed E-state index contributed by atoms with van der Waals surface area (Å²) in [6.45, 7) is 1.25. The van der Waals surface area contributed by atoms with Crippen LogP contribution in [0.15, 0.2) is 30.3 Å². The minimum absolute atomic E-state index is 0.119. The molecule has 0 spiro atoms. The molecule has 8 heteroatoms. The predicted octanol–water partition coefficient (Wildman–Crippen LogP) is 2.29. The maximum atomic E-state index is 14.4. The Bertz CT molecular complexity index is 853. The maximum Gasteiger partial charge on any atom is 0.129 e. The monoisotopic (exact) mass is 428 g/mol. The van der Waals surface area contributed by atoms with Gasteiger partial charge in [0.05, 0.1) is 6.61 Å². The lowest BCUT2D eigenvalue weighted by atomic mass is 9.90. The van der Waals surface area contributed by atoms with Gasteiger partial charge in [0, 0.05) is 17.0 Å². The van der Waals surface area contributed by atoms with E-state index in [0.717, 1.165) is 0 Å². The van der Waals surface area contributed by atoms with E-state index < -0.39 is 48.8 Å². The van der Waals surface area contributed by atoms with E-state index in [9.17, 15) is 29.2 Å². The van der Waals surface area contributed by atoms with Crippen LogP contribution in [0, 0.1) is 11.6 Å². The highest BCUT2D eigenvalue weighted by atomic mass is 35.5. The summed E-state index contributed by atoms with van der Waals surface area (Å²) in [5.74, 6) is -1.34. The molecule has 0 aromatic heterocycles. The number of hydrogen-bond acceptors (Lipinski definition) is 5. The summed E-state index contributed by atoms with van der Waals surface area (Å²) in [5, 5.41) is 39.8. The molecule has 1 saturated heterocycles. The first kappa shape index (κ1) is 22.1. The van der Waals surface area contributed by atoms with Crippen molar-refractivity contribution in [2.24, 2.45) is 0 Å². The van der Waals surface area contributed by atoms with Crippen LogP contribution < -0.4 is 0 Å². The fourth-order valence-electron chi connectivity index (χ4n) is 3.50. The first-order valence-electron chi connectivity index (χ1n) is 9.32. The number of benzene rings is 2. The number of aliphatic hydroxyl groups excluding tert-OH is 4. The summed E-state index contributed by atoms with van der Waals surface area (Å²) < 4.78 is 34.3. The highest BCUT2D eigenvalue weighted by Crippen LogP contribution is 2.34. The quantitative estimate of drug-likeness (QED) is 0.586. The molecule has 1 aliphatic heterocycles. The van der Waals surface area contributed by atoms with Crippen LogP contribution in [0.3, 0.4) is 0 Å². The van der Waals surface area contributed by atoms with E-state index in [1.807, 2.05) is 0 Å². The number of aliphatic hydroxyl groups is 4. The lowest BCUT2D eigenvalue weighted by Crippen LogP contribution is -2.55. The van der Waals surface area contributed by atoms with Crippen molar-refractivity contribution in [2.75, 3.05) is 6.61 Å². The largest absolute Gasteiger partial charge is 0.394 e. The Labute approximate surface area is 172 Å². The van der Waals surface area contributed by atoms with Crippen LogP contribution in [0.4, 0.5) is 8.78 Å². The molecule has 0 radical (unpaired) electrons. The Balaban J connectivity index is 1.93. The maximum absolute atomic E-state index is 14.4. The number of hydrogen-bond donors (Lipinski definition) is 4. The second-order valence-corrected chi connectivity index (χ2v) is 7.58. The first-order chi connectivity index (χ1) is 13.8. The SMILES string of the molecule is CCc1cc(F)c(Cc2cc([C@@H]3O[C@H](CO)[C@@H](O)[C@H](O)[C@H]3O)ccc2Cl)c(F)c1. The van der Waals surface area contributed by atoms with Gasteiger partial charge in [-0.2, -0.15) is 0 Å². The second-order valence-electron chi connectivity index (χ2n) is 7.17. The van der Waals surface area contributed by atoms with Crippen LogP contribution in [0.5, 0.6) is 0 Å². The van der Waals surface area contributed by atoms with E-state index in [1.54, 1.807) is 13.0 Å². The number of ether oxygens (including phenoxy) is 1. The smallest absolute Gasteiger partial charge is 0.129 e. The van der Waals surface area contributed by atoms with Gasteiger partial charge in [0.1, 0.15) is 42.2 Å². The second kappa shape index (κ2) is 9.04. The zero-order valence-corrected chi connectivity index (χ0v) is 16.5. The van der Waals surface area contributed by atoms with Gasteiger partial charge in [0.15, 0.2) is 0 Å². The van der Waals surface area contributed by atoms with Gasteiger partial charge in [-0.05, 0) is 41.3 Å². The Morgan fingerprint density at radius 3 is 2.24 bits per heavy atom. The minimum Gasteiger partial charge on any atom is -0.394 e. The third-order valence-corrected chi connectivity index (χ3v) is 5.64. The standard InChI is InChI=1S/C21H23ClF2O5/c1-2-10-5-15(23)13(16(24)6-10)8-12-7-11(3-4-14(12)22)21-20(28)19(27)18(26)17(9-25)29-21/h3-7,17-21,25-28H,2,8-9H2,1H3/t17-,18-,19+,20-,21+/m1/s1. The molecule has 0 aliphatic carbocycles. The number of rotatable bonds is 5. The Hall–Kier alpha value is -1.61. The van der Waals surface area contributed by atoms with Gasteiger partial charge in [-0.15, -0.1) is 0 Å². The summed E-state index contributed by atoms with van der Waals surface area (Å²) in [4.78, 5) is 0. The first-order valence-corrected chi connectivity index (χ1v) is 9.70. The molecule has 2 aromatic carbocycles. The van der Waals surface area contributed by atoms with Crippen molar-refractivity contribution < 1.29 is 33.9 Å². The van der Waals surface area contributed by atoms with Crippen LogP contribution >= 0.6 is 11.6 Å². The zero-order chi connectivity index (χ0) is 21.3. The van der Waals surface area contributed by atoms with E-state index in [-0.39, 0.29) is 17.0 Å². The Kier molecular flexibility index (Phi) is 6.88. The molecule has 3 rings (SSSR count). The van der Waals surface area contributed by atoms with Crippen LogP contribution in [0.1, 0.15) is 35.3 Å². The van der Waals surface area contributed by atoms with Crippen molar-refractivity contribution in [3.63, 3.8) is 0 Å². The summed E-state index contributed by atoms with van der Waals surface area (Å²) >= 11 is 6.21. The minimum atomic E-state index is -1.53. The van der Waals surface area contributed by atoms with E-state index in [1.165, 1.54) is 24.3 Å². The molecule has 5 atom stereocenters. The van der Waals surface area contributed by atoms with Crippen molar-refractivity contribution >= 4 is 11.6 Å². The molecule has 0 saturated carbocycles. The van der Waals surface area contributed by atoms with Gasteiger partial charge in [-0.3, -0.25) is 0 Å². The lowest BCUT2D eigenvalue weighted by molar-refractivity contribution is -0.231. The molecule has 4 N–H and O–H groups in total. The van der Waals surface area contributed by atoms with Crippen molar-refractivity contribution in [3.8, 4) is 0 Å². The third-order valence-electron chi connectivity index (χ3n) is 5.27. The molecule has 0 bridgehead atoms. The highest BCUT2D eigenvalue weighted by Gasteiger charge is 2.44. The van der Waals surface area contributed by atoms with E-state index >= 15 is 0 Å². The summed E-state index contributed by atoms with van der Waals surface area (Å²) in [6, 6.07) is 7.15. The average Bonchev–Trinajstić information content (AvgIpc) is 2.70. The van der Waals surface area contributed by atoms with Gasteiger partial charge in [0.25, 0.3) is 0 Å². The van der Waals surface area contributed by atoms with Crippen molar-refractivity contribution in [1.82, 2.24) is 0 Å². The Morgan fingerprint density at radius 1 is 1.00 bits per heavy atom. The zero-order valence-electron chi connectivity index (χ0n) is 15.7. The van der Waals surface area contributed by atoms with Gasteiger partial charge >= 0.3 is 0 Å². The van der Waals surface area contributed by atoms with Gasteiger partial charge in [-0.25, -0.2) is 8.78 Å². The fraction of sp³-hybridized carbons (Fsp3) is 0.429. The van der Waals surface area contributed by atoms with Crippen LogP contribution in [0.25, 0.3) is 0 Å². The summed E-state index contributed by atoms with van der Waals surface area (Å²) in [5.41, 5.74) is 1.22. The molecule has 29 heavy (non-hydrogen) atoms. The Morgan fingerprint density at radius 2 is 1.66 bits per heavy atom. The fourth-order valence-corrected chi connectivity index (χ4v) is 3.69. The molecular formula is C21H23ClF2O5. The number of halogens is 3. The predicted molar refractivity (Wildman–Crippen MR) is 103 cm³/mol. The lowest BCUT2D eigenvalue weighted by Gasteiger charge is -2.40. The van der Waals surface area contributed by atoms with Crippen LogP contribution in [-0.2, 0) is 17.6 Å². The van der Waals surface area contributed by atoms with Crippen molar-refractivity contribution in [1.29, 1.82) is 0 Å². The molecule has 5 nitrogen and oxygen atoms in total. The van der Waals surface area contributed by atoms with Gasteiger partial charge in [-0.1, -0.05) is 30.7 Å². The van der Waals surface area contributed by atoms with Gasteiger partial charge in [0.2, 0.25) is 0 Å². The normalized spacial score (nSPS) is 27.2. The summed E-state index contributed by atoms with van der Waals surface area (Å²) in [6.07, 6.45) is -6.19. The van der Waals surface area contributed by atoms with E-state index in [4.69, 9.17) is 16.3 Å². The van der Waals surface area contributed by atoms with E-state index in [2.05, 4.69) is 0 Å². The molecule has 1 heterocycles. The summed E-state index contributed by atoms with van der Waals surface area (Å²) in [7, 11) is 0. The highest BCUT2D eigenvalue weighted by molar-refractivity contribution is 6.31. The molecule has 1 fully saturated rings. The third kappa shape index (κ3) is 4.45. The molecule has 0 amide bonds. The topological polar surface area (TPSA) is 90.2 Å². The molecule has 2 aromatic rings. The number of aryl methyl sites for hydroxylation is 1. The molecule has 1 aliphatic rings. The van der Waals surface area contributed by atoms with Crippen molar-refractivity contribution in [3.05, 3.63) is 69.2 Å². The van der Waals surface area contributed by atoms with E-state index in [0.29, 0.717) is 23.1 Å². The average molecular weight is 429 g/mol. The molecule has 0 unspecified atom stereocenters. The van der Waals surface area contributed by atoms with Gasteiger partial charge < -0.3 is 25.2 Å². The molecule has 158 valence electrons. The van der Waals surface area contributed by atoms with Crippen LogP contribution in [-0.4, -0.2) is 51.4 Å². The van der Waals surface area contributed by atoms with Crippen molar-refractivity contribution in [2.45, 2.75) is 50.3 Å². The van der Waals surface area contributed by atoms with Crippen LogP contribution in [0.2, 0.25) is 5.02 Å².